The average molecular weight is 497 g/mol. The molecule has 2 amide bonds. The van der Waals surface area contributed by atoms with Gasteiger partial charge in [0.05, 0.1) is 11.5 Å². The smallest absolute Gasteiger partial charge is 0.273 e. The third-order valence-electron chi connectivity index (χ3n) is 3.56. The van der Waals surface area contributed by atoms with E-state index in [1.165, 1.54) is 38.6 Å². The number of nitrogens with one attached hydrogen (secondary N) is 2. The topological polar surface area (TPSA) is 158 Å². The second-order valence-electron chi connectivity index (χ2n) is 5.79. The fourth-order valence-electron chi connectivity index (χ4n) is 2.23. The van der Waals surface area contributed by atoms with Crippen molar-refractivity contribution in [2.24, 2.45) is 0 Å². The molecule has 0 fully saturated rings. The lowest BCUT2D eigenvalue weighted by atomic mass is 10.3. The van der Waals surface area contributed by atoms with Crippen LogP contribution in [0.1, 0.15) is 0 Å². The molecule has 0 aliphatic carbocycles. The van der Waals surface area contributed by atoms with E-state index in [1.54, 1.807) is 24.3 Å². The molecule has 0 saturated heterocycles. The molecule has 4 rings (SSSR count). The van der Waals surface area contributed by atoms with Crippen molar-refractivity contribution in [3.05, 3.63) is 35.6 Å². The number of nitrogens with two attached hydrogens (primary N) is 1. The van der Waals surface area contributed by atoms with Crippen molar-refractivity contribution < 1.29 is 9.59 Å². The van der Waals surface area contributed by atoms with Crippen LogP contribution in [0.3, 0.4) is 0 Å². The number of hydrogen-bond acceptors (Lipinski definition) is 11. The molecule has 0 aliphatic rings. The summed E-state index contributed by atoms with van der Waals surface area (Å²) in [5.41, 5.74) is 0.654. The number of thioether (sulfide) groups is 2. The van der Waals surface area contributed by atoms with Crippen LogP contribution in [0, 0.1) is 0 Å². The van der Waals surface area contributed by atoms with Crippen LogP contribution in [0.5, 0.6) is 0 Å². The Labute approximate surface area is 191 Å². The van der Waals surface area contributed by atoms with Gasteiger partial charge in [0.1, 0.15) is 6.33 Å². The van der Waals surface area contributed by atoms with E-state index in [2.05, 4.69) is 36.1 Å². The van der Waals surface area contributed by atoms with Gasteiger partial charge in [0, 0.05) is 10.7 Å². The molecule has 0 atom stereocenters. The molecule has 0 saturated carbocycles. The Balaban J connectivity index is 1.23. The summed E-state index contributed by atoms with van der Waals surface area (Å²) in [7, 11) is 0. The van der Waals surface area contributed by atoms with Gasteiger partial charge in [-0.2, -0.15) is 9.61 Å². The lowest BCUT2D eigenvalue weighted by molar-refractivity contribution is -0.114. The van der Waals surface area contributed by atoms with Crippen molar-refractivity contribution >= 4 is 74.9 Å². The molecule has 4 N–H and O–H groups in total. The molecule has 3 heterocycles. The van der Waals surface area contributed by atoms with E-state index in [9.17, 15) is 9.59 Å². The van der Waals surface area contributed by atoms with Crippen LogP contribution in [0.25, 0.3) is 5.78 Å². The largest absolute Gasteiger partial charge is 0.335 e. The molecule has 31 heavy (non-hydrogen) atoms. The molecule has 0 bridgehead atoms. The summed E-state index contributed by atoms with van der Waals surface area (Å²) in [6.45, 7) is 0. The molecule has 3 aromatic heterocycles. The number of nitrogens with zero attached hydrogens (tertiary/aromatic N) is 7. The molecule has 16 heteroatoms. The Morgan fingerprint density at radius 1 is 1.03 bits per heavy atom. The second kappa shape index (κ2) is 9.51. The first-order chi connectivity index (χ1) is 15.0. The lowest BCUT2D eigenvalue weighted by Gasteiger charge is -2.03. The highest BCUT2D eigenvalue weighted by Gasteiger charge is 2.14. The van der Waals surface area contributed by atoms with Gasteiger partial charge in [-0.25, -0.2) is 4.68 Å². The predicted octanol–water partition coefficient (Wildman–Crippen LogP) is 1.61. The molecule has 160 valence electrons. The highest BCUT2D eigenvalue weighted by molar-refractivity contribution is 8.01. The van der Waals surface area contributed by atoms with E-state index in [1.807, 2.05) is 0 Å². The number of benzene rings is 1. The maximum absolute atomic E-state index is 12.2. The first kappa shape index (κ1) is 21.4. The van der Waals surface area contributed by atoms with Crippen molar-refractivity contribution in [3.8, 4) is 0 Å². The zero-order valence-corrected chi connectivity index (χ0v) is 18.6. The highest BCUT2D eigenvalue weighted by atomic mass is 35.5. The van der Waals surface area contributed by atoms with Gasteiger partial charge in [0.15, 0.2) is 4.34 Å². The van der Waals surface area contributed by atoms with Gasteiger partial charge < -0.3 is 11.2 Å². The van der Waals surface area contributed by atoms with Gasteiger partial charge in [-0.3, -0.25) is 14.9 Å². The number of hydrogen-bond donors (Lipinski definition) is 3. The zero-order valence-electron chi connectivity index (χ0n) is 15.4. The van der Waals surface area contributed by atoms with Crippen LogP contribution in [0.15, 0.2) is 40.1 Å². The number of carbonyl (C=O) groups excluding carboxylic acids is 2. The van der Waals surface area contributed by atoms with E-state index in [4.69, 9.17) is 17.4 Å². The van der Waals surface area contributed by atoms with Crippen molar-refractivity contribution in [1.82, 2.24) is 34.7 Å². The first-order valence-corrected chi connectivity index (χ1v) is 11.6. The molecular weight excluding hydrogens is 484 g/mol. The van der Waals surface area contributed by atoms with Crippen LogP contribution >= 0.6 is 46.5 Å². The van der Waals surface area contributed by atoms with Crippen LogP contribution < -0.4 is 16.5 Å². The Kier molecular flexibility index (Phi) is 6.55. The molecule has 0 unspecified atom stereocenters. The van der Waals surface area contributed by atoms with E-state index < -0.39 is 0 Å². The summed E-state index contributed by atoms with van der Waals surface area (Å²) in [5.74, 6) is 5.75. The third-order valence-corrected chi connectivity index (χ3v) is 6.70. The van der Waals surface area contributed by atoms with Gasteiger partial charge >= 0.3 is 0 Å². The molecule has 0 radical (unpaired) electrons. The summed E-state index contributed by atoms with van der Waals surface area (Å²) >= 11 is 9.37. The Hall–Kier alpha value is -2.88. The maximum Gasteiger partial charge on any atom is 0.273 e. The van der Waals surface area contributed by atoms with Crippen molar-refractivity contribution in [1.29, 1.82) is 0 Å². The number of aromatic nitrogens is 7. The monoisotopic (exact) mass is 496 g/mol. The highest BCUT2D eigenvalue weighted by Crippen LogP contribution is 2.26. The molecule has 0 spiro atoms. The number of carbonyl (C=O) groups is 2. The summed E-state index contributed by atoms with van der Waals surface area (Å²) in [6, 6.07) is 6.82. The van der Waals surface area contributed by atoms with Crippen LogP contribution in [-0.2, 0) is 9.59 Å². The van der Waals surface area contributed by atoms with Crippen molar-refractivity contribution in [2.45, 2.75) is 9.50 Å². The van der Waals surface area contributed by atoms with E-state index in [0.29, 0.717) is 31.1 Å². The Morgan fingerprint density at radius 3 is 2.58 bits per heavy atom. The van der Waals surface area contributed by atoms with Crippen LogP contribution in [0.4, 0.5) is 10.8 Å². The summed E-state index contributed by atoms with van der Waals surface area (Å²) in [5, 5.41) is 26.5. The fraction of sp³-hybridized carbons (Fsp3) is 0.133. The minimum Gasteiger partial charge on any atom is -0.335 e. The molecule has 0 aliphatic heterocycles. The van der Waals surface area contributed by atoms with E-state index in [0.717, 1.165) is 11.8 Å². The third kappa shape index (κ3) is 5.43. The Morgan fingerprint density at radius 2 is 1.77 bits per heavy atom. The molecule has 1 aromatic carbocycles. The minimum atomic E-state index is -0.290. The maximum atomic E-state index is 12.2. The number of fused-ring (bicyclic) bond motifs is 1. The lowest BCUT2D eigenvalue weighted by Crippen LogP contribution is -2.14. The van der Waals surface area contributed by atoms with E-state index >= 15 is 0 Å². The van der Waals surface area contributed by atoms with Gasteiger partial charge in [0.2, 0.25) is 22.1 Å². The van der Waals surface area contributed by atoms with Crippen molar-refractivity contribution in [3.63, 3.8) is 0 Å². The average Bonchev–Trinajstić information content (AvgIpc) is 3.45. The first-order valence-electron chi connectivity index (χ1n) is 8.46. The predicted molar refractivity (Wildman–Crippen MR) is 119 cm³/mol. The van der Waals surface area contributed by atoms with Gasteiger partial charge in [-0.1, -0.05) is 46.5 Å². The van der Waals surface area contributed by atoms with Gasteiger partial charge in [-0.15, -0.1) is 20.4 Å². The molecule has 12 nitrogen and oxygen atoms in total. The fourth-order valence-corrected chi connectivity index (χ4v) is 4.61. The normalized spacial score (nSPS) is 11.0. The standard InChI is InChI=1S/C15H13ClN10O2S3/c16-8-1-3-9(4-2-8)19-10(27)6-30-15-24-21-12(31-15)20-11(28)5-29-14-23-22-13-25(17)7-18-26(13)14/h1-4,7H,5-6,17H2,(H,19,27)(H,20,21,28). The van der Waals surface area contributed by atoms with Gasteiger partial charge in [0.25, 0.3) is 5.78 Å². The summed E-state index contributed by atoms with van der Waals surface area (Å²) < 4.78 is 3.22. The Bertz CT molecular complexity index is 1220. The molecule has 4 aromatic rings. The SMILES string of the molecule is Nn1cnn2c(SCC(=O)Nc3nnc(SCC(=O)Nc4ccc(Cl)cc4)s3)nnc12. The molecular formula is C15H13ClN10O2S3. The summed E-state index contributed by atoms with van der Waals surface area (Å²) in [4.78, 5) is 24.2. The number of halogens is 1. The van der Waals surface area contributed by atoms with E-state index in [-0.39, 0.29) is 23.3 Å². The van der Waals surface area contributed by atoms with Gasteiger partial charge in [-0.05, 0) is 24.3 Å². The number of amides is 2. The number of rotatable bonds is 8. The van der Waals surface area contributed by atoms with Crippen LogP contribution in [0.2, 0.25) is 5.02 Å². The van der Waals surface area contributed by atoms with Crippen LogP contribution in [-0.4, -0.2) is 58.0 Å². The zero-order chi connectivity index (χ0) is 21.8. The number of nitrogen functional groups attached to an aromatic ring is 1. The second-order valence-corrected chi connectivity index (χ2v) is 9.37. The minimum absolute atomic E-state index is 0.0732. The van der Waals surface area contributed by atoms with Crippen molar-refractivity contribution in [2.75, 3.05) is 28.0 Å². The summed E-state index contributed by atoms with van der Waals surface area (Å²) in [6.07, 6.45) is 1.39. The quantitative estimate of drug-likeness (QED) is 0.186. The number of anilines is 2.